The standard InChI is InChI=1S/C17H22N2O3/c1-18-11-17(22-10-16(18)20)5-6-19(12-17)9-13-2-3-15-14(8-13)4-7-21-15/h2-3,8H,4-7,9-12H2,1H3. The minimum atomic E-state index is -0.164. The number of benzene rings is 1. The van der Waals surface area contributed by atoms with Crippen molar-refractivity contribution in [3.8, 4) is 5.75 Å². The largest absolute Gasteiger partial charge is 0.493 e. The zero-order chi connectivity index (χ0) is 15.2. The lowest BCUT2D eigenvalue weighted by atomic mass is 10.0. The van der Waals surface area contributed by atoms with Crippen LogP contribution in [0.2, 0.25) is 0 Å². The summed E-state index contributed by atoms with van der Waals surface area (Å²) < 4.78 is 11.5. The molecule has 2 saturated heterocycles. The summed E-state index contributed by atoms with van der Waals surface area (Å²) in [6.07, 6.45) is 2.02. The monoisotopic (exact) mass is 302 g/mol. The Bertz CT molecular complexity index is 604. The predicted octanol–water partition coefficient (Wildman–Crippen LogP) is 1.05. The third-order valence-electron chi connectivity index (χ3n) is 5.01. The minimum absolute atomic E-state index is 0.0858. The molecule has 3 heterocycles. The van der Waals surface area contributed by atoms with Crippen molar-refractivity contribution < 1.29 is 14.3 Å². The summed E-state index contributed by atoms with van der Waals surface area (Å²) in [5.74, 6) is 1.13. The zero-order valence-electron chi connectivity index (χ0n) is 13.0. The van der Waals surface area contributed by atoms with Crippen LogP contribution in [0.15, 0.2) is 18.2 Å². The number of fused-ring (bicyclic) bond motifs is 1. The number of amides is 1. The van der Waals surface area contributed by atoms with Gasteiger partial charge in [0.25, 0.3) is 0 Å². The van der Waals surface area contributed by atoms with Gasteiger partial charge in [-0.2, -0.15) is 0 Å². The first-order valence-electron chi connectivity index (χ1n) is 7.98. The molecule has 5 heteroatoms. The van der Waals surface area contributed by atoms with Gasteiger partial charge in [0.05, 0.1) is 13.2 Å². The second-order valence-electron chi connectivity index (χ2n) is 6.72. The Labute approximate surface area is 130 Å². The Hall–Kier alpha value is -1.59. The van der Waals surface area contributed by atoms with E-state index < -0.39 is 0 Å². The summed E-state index contributed by atoms with van der Waals surface area (Å²) >= 11 is 0. The molecule has 1 atom stereocenters. The second-order valence-corrected chi connectivity index (χ2v) is 6.72. The van der Waals surface area contributed by atoms with Gasteiger partial charge in [-0.05, 0) is 23.6 Å². The van der Waals surface area contributed by atoms with Crippen molar-refractivity contribution in [2.24, 2.45) is 0 Å². The molecule has 5 nitrogen and oxygen atoms in total. The summed E-state index contributed by atoms with van der Waals surface area (Å²) in [5, 5.41) is 0. The zero-order valence-corrected chi connectivity index (χ0v) is 13.0. The van der Waals surface area contributed by atoms with E-state index in [2.05, 4.69) is 23.1 Å². The van der Waals surface area contributed by atoms with Gasteiger partial charge in [-0.1, -0.05) is 12.1 Å². The van der Waals surface area contributed by atoms with Gasteiger partial charge >= 0.3 is 0 Å². The van der Waals surface area contributed by atoms with Crippen LogP contribution in [0.1, 0.15) is 17.5 Å². The molecule has 0 aliphatic carbocycles. The van der Waals surface area contributed by atoms with Crippen molar-refractivity contribution in [1.29, 1.82) is 0 Å². The number of ether oxygens (including phenoxy) is 2. The summed E-state index contributed by atoms with van der Waals surface area (Å²) in [7, 11) is 1.87. The molecule has 22 heavy (non-hydrogen) atoms. The normalized spacial score (nSPS) is 28.2. The third-order valence-corrected chi connectivity index (χ3v) is 5.01. The van der Waals surface area contributed by atoms with Gasteiger partial charge in [-0.3, -0.25) is 9.69 Å². The van der Waals surface area contributed by atoms with Crippen LogP contribution in [0.5, 0.6) is 5.75 Å². The van der Waals surface area contributed by atoms with Gasteiger partial charge in [0.15, 0.2) is 0 Å². The van der Waals surface area contributed by atoms with Gasteiger partial charge in [-0.25, -0.2) is 0 Å². The molecule has 4 rings (SSSR count). The van der Waals surface area contributed by atoms with E-state index in [0.29, 0.717) is 6.54 Å². The number of rotatable bonds is 2. The molecule has 1 spiro atoms. The lowest BCUT2D eigenvalue weighted by Crippen LogP contribution is -2.54. The van der Waals surface area contributed by atoms with E-state index in [0.717, 1.165) is 44.8 Å². The predicted molar refractivity (Wildman–Crippen MR) is 81.9 cm³/mol. The number of hydrogen-bond acceptors (Lipinski definition) is 4. The number of likely N-dealkylation sites (N-methyl/N-ethyl adjacent to an activating group) is 1. The number of nitrogens with zero attached hydrogens (tertiary/aromatic N) is 2. The fraction of sp³-hybridized carbons (Fsp3) is 0.588. The van der Waals surface area contributed by atoms with Crippen LogP contribution in [0.4, 0.5) is 0 Å². The van der Waals surface area contributed by atoms with Crippen molar-refractivity contribution >= 4 is 5.91 Å². The lowest BCUT2D eigenvalue weighted by Gasteiger charge is -2.38. The van der Waals surface area contributed by atoms with E-state index in [1.807, 2.05) is 7.05 Å². The number of carbonyl (C=O) groups is 1. The number of carbonyl (C=O) groups excluding carboxylic acids is 1. The summed E-state index contributed by atoms with van der Waals surface area (Å²) in [6.45, 7) is 4.60. The molecular formula is C17H22N2O3. The molecule has 0 radical (unpaired) electrons. The molecule has 3 aliphatic rings. The van der Waals surface area contributed by atoms with Gasteiger partial charge in [0.2, 0.25) is 5.91 Å². The van der Waals surface area contributed by atoms with Crippen LogP contribution in [0.25, 0.3) is 0 Å². The van der Waals surface area contributed by atoms with E-state index >= 15 is 0 Å². The molecule has 1 amide bonds. The quantitative estimate of drug-likeness (QED) is 0.819. The van der Waals surface area contributed by atoms with Crippen LogP contribution in [-0.2, 0) is 22.5 Å². The molecular weight excluding hydrogens is 280 g/mol. The van der Waals surface area contributed by atoms with Crippen molar-refractivity contribution in [3.63, 3.8) is 0 Å². The lowest BCUT2D eigenvalue weighted by molar-refractivity contribution is -0.159. The maximum atomic E-state index is 11.6. The van der Waals surface area contributed by atoms with Gasteiger partial charge in [-0.15, -0.1) is 0 Å². The Kier molecular flexibility index (Phi) is 3.35. The van der Waals surface area contributed by atoms with E-state index in [1.165, 1.54) is 11.1 Å². The number of morpholine rings is 1. The van der Waals surface area contributed by atoms with Crippen molar-refractivity contribution in [1.82, 2.24) is 9.80 Å². The second kappa shape index (κ2) is 5.25. The van der Waals surface area contributed by atoms with Crippen LogP contribution >= 0.6 is 0 Å². The molecule has 0 saturated carbocycles. The van der Waals surface area contributed by atoms with Gasteiger partial charge < -0.3 is 14.4 Å². The van der Waals surface area contributed by atoms with Crippen LogP contribution in [0, 0.1) is 0 Å². The SMILES string of the molecule is CN1CC2(CCN(Cc3ccc4c(c3)CCO4)C2)OCC1=O. The number of hydrogen-bond donors (Lipinski definition) is 0. The Morgan fingerprint density at radius 1 is 1.32 bits per heavy atom. The molecule has 2 fully saturated rings. The highest BCUT2D eigenvalue weighted by Crippen LogP contribution is 2.31. The van der Waals surface area contributed by atoms with Crippen molar-refractivity contribution in [2.75, 3.05) is 39.9 Å². The average molecular weight is 302 g/mol. The molecule has 3 aliphatic heterocycles. The molecule has 118 valence electrons. The summed E-state index contributed by atoms with van der Waals surface area (Å²) in [5.41, 5.74) is 2.50. The van der Waals surface area contributed by atoms with Crippen LogP contribution < -0.4 is 4.74 Å². The Morgan fingerprint density at radius 2 is 2.23 bits per heavy atom. The minimum Gasteiger partial charge on any atom is -0.493 e. The molecule has 1 aromatic carbocycles. The maximum absolute atomic E-state index is 11.6. The van der Waals surface area contributed by atoms with Gasteiger partial charge in [0.1, 0.15) is 18.0 Å². The topological polar surface area (TPSA) is 42.0 Å². The van der Waals surface area contributed by atoms with Crippen molar-refractivity contribution in [3.05, 3.63) is 29.3 Å². The van der Waals surface area contributed by atoms with Crippen molar-refractivity contribution in [2.45, 2.75) is 25.0 Å². The Morgan fingerprint density at radius 3 is 3.09 bits per heavy atom. The fourth-order valence-corrected chi connectivity index (χ4v) is 3.80. The Balaban J connectivity index is 1.42. The highest BCUT2D eigenvalue weighted by Gasteiger charge is 2.43. The van der Waals surface area contributed by atoms with E-state index in [9.17, 15) is 4.79 Å². The van der Waals surface area contributed by atoms with Gasteiger partial charge in [0, 0.05) is 33.1 Å². The molecule has 1 unspecified atom stereocenters. The smallest absolute Gasteiger partial charge is 0.248 e. The van der Waals surface area contributed by atoms with E-state index in [-0.39, 0.29) is 18.1 Å². The highest BCUT2D eigenvalue weighted by molar-refractivity contribution is 5.78. The first kappa shape index (κ1) is 14.0. The first-order chi connectivity index (χ1) is 10.6. The van der Waals surface area contributed by atoms with E-state index in [1.54, 1.807) is 4.90 Å². The fourth-order valence-electron chi connectivity index (χ4n) is 3.80. The van der Waals surface area contributed by atoms with Crippen LogP contribution in [-0.4, -0.2) is 61.2 Å². The average Bonchev–Trinajstić information content (AvgIpc) is 3.11. The van der Waals surface area contributed by atoms with E-state index in [4.69, 9.17) is 9.47 Å². The molecule has 0 N–H and O–H groups in total. The van der Waals surface area contributed by atoms with Crippen LogP contribution in [0.3, 0.4) is 0 Å². The summed E-state index contributed by atoms with van der Waals surface area (Å²) in [6, 6.07) is 6.52. The first-order valence-corrected chi connectivity index (χ1v) is 7.98. The molecule has 1 aromatic rings. The maximum Gasteiger partial charge on any atom is 0.248 e. The third kappa shape index (κ3) is 2.48. The summed E-state index contributed by atoms with van der Waals surface area (Å²) in [4.78, 5) is 15.8. The molecule has 0 aromatic heterocycles. The molecule has 0 bridgehead atoms. The number of likely N-dealkylation sites (tertiary alicyclic amines) is 1. The highest BCUT2D eigenvalue weighted by atomic mass is 16.5.